The topological polar surface area (TPSA) is 35.2 Å². The lowest BCUT2D eigenvalue weighted by Crippen LogP contribution is -2.43. The minimum absolute atomic E-state index is 0.768. The van der Waals surface area contributed by atoms with Crippen molar-refractivity contribution in [1.82, 2.24) is 0 Å². The van der Waals surface area contributed by atoms with Crippen molar-refractivity contribution in [1.29, 1.82) is 0 Å². The van der Waals surface area contributed by atoms with E-state index in [0.29, 0.717) is 0 Å². The Kier molecular flexibility index (Phi) is 5.37. The normalized spacial score (nSPS) is 24.4. The highest BCUT2D eigenvalue weighted by atomic mass is 28.4. The maximum atomic E-state index is 6.39. The molecule has 1 unspecified atom stereocenters. The molecule has 0 spiro atoms. The van der Waals surface area contributed by atoms with E-state index in [9.17, 15) is 0 Å². The van der Waals surface area contributed by atoms with Gasteiger partial charge in [-0.1, -0.05) is 42.8 Å². The summed E-state index contributed by atoms with van der Waals surface area (Å²) in [5.74, 6) is 0. The van der Waals surface area contributed by atoms with E-state index in [1.807, 2.05) is 0 Å². The Morgan fingerprint density at radius 2 is 2.11 bits per heavy atom. The zero-order chi connectivity index (χ0) is 13.6. The Morgan fingerprint density at radius 3 is 2.68 bits per heavy atom. The van der Waals surface area contributed by atoms with Gasteiger partial charge in [0.2, 0.25) is 8.32 Å². The summed E-state index contributed by atoms with van der Waals surface area (Å²) in [6, 6.07) is 13.2. The van der Waals surface area contributed by atoms with Gasteiger partial charge in [-0.2, -0.15) is 0 Å². The maximum Gasteiger partial charge on any atom is 0.224 e. The number of benzene rings is 1. The molecule has 2 rings (SSSR count). The van der Waals surface area contributed by atoms with Gasteiger partial charge in [0.1, 0.15) is 0 Å². The molecule has 1 aromatic carbocycles. The van der Waals surface area contributed by atoms with Gasteiger partial charge in [0.25, 0.3) is 0 Å². The van der Waals surface area contributed by atoms with Gasteiger partial charge >= 0.3 is 0 Å². The minimum atomic E-state index is -1.79. The first-order valence-corrected chi connectivity index (χ1v) is 9.71. The molecule has 0 aromatic heterocycles. The van der Waals surface area contributed by atoms with Crippen molar-refractivity contribution >= 4 is 13.5 Å². The molecule has 104 valence electrons. The first kappa shape index (κ1) is 14.5. The second-order valence-corrected chi connectivity index (χ2v) is 9.08. The van der Waals surface area contributed by atoms with Crippen LogP contribution in [0.4, 0.5) is 0 Å². The third kappa shape index (κ3) is 3.35. The molecule has 1 aliphatic rings. The largest absolute Gasteiger partial charge is 0.412 e. The molecule has 0 bridgehead atoms. The highest BCUT2D eigenvalue weighted by molar-refractivity contribution is 6.91. The van der Waals surface area contributed by atoms with E-state index in [1.165, 1.54) is 29.6 Å². The summed E-state index contributed by atoms with van der Waals surface area (Å²) >= 11 is 0. The fraction of sp³-hybridized carbons (Fsp3) is 0.500. The van der Waals surface area contributed by atoms with Crippen LogP contribution in [0.15, 0.2) is 36.4 Å². The zero-order valence-electron chi connectivity index (χ0n) is 11.9. The Bertz CT molecular complexity index is 410. The van der Waals surface area contributed by atoms with Crippen molar-refractivity contribution in [2.24, 2.45) is 5.73 Å². The van der Waals surface area contributed by atoms with Crippen LogP contribution in [0.5, 0.6) is 0 Å². The van der Waals surface area contributed by atoms with Gasteiger partial charge in [-0.05, 0) is 49.2 Å². The van der Waals surface area contributed by atoms with Crippen molar-refractivity contribution in [3.05, 3.63) is 42.0 Å². The van der Waals surface area contributed by atoms with E-state index in [2.05, 4.69) is 43.3 Å². The summed E-state index contributed by atoms with van der Waals surface area (Å²) in [5.41, 5.74) is 7.08. The number of allylic oxidation sites excluding steroid dienone is 1. The van der Waals surface area contributed by atoms with Crippen LogP contribution in [0.1, 0.15) is 31.7 Å². The van der Waals surface area contributed by atoms with E-state index < -0.39 is 8.32 Å². The van der Waals surface area contributed by atoms with Crippen LogP contribution in [-0.4, -0.2) is 21.5 Å². The second kappa shape index (κ2) is 7.03. The van der Waals surface area contributed by atoms with Gasteiger partial charge in [-0.25, -0.2) is 0 Å². The van der Waals surface area contributed by atoms with Crippen LogP contribution in [0, 0.1) is 0 Å². The molecule has 0 amide bonds. The number of rotatable bonds is 5. The molecule has 1 heterocycles. The van der Waals surface area contributed by atoms with Crippen molar-refractivity contribution in [3.63, 3.8) is 0 Å². The quantitative estimate of drug-likeness (QED) is 0.831. The molecule has 1 saturated heterocycles. The minimum Gasteiger partial charge on any atom is -0.412 e. The Hall–Kier alpha value is -0.903. The number of hydrogen-bond donors (Lipinski definition) is 1. The molecule has 1 aliphatic heterocycles. The Labute approximate surface area is 117 Å². The molecule has 1 fully saturated rings. The fourth-order valence-electron chi connectivity index (χ4n) is 3.09. The summed E-state index contributed by atoms with van der Waals surface area (Å²) < 4.78 is 6.39. The monoisotopic (exact) mass is 275 g/mol. The summed E-state index contributed by atoms with van der Waals surface area (Å²) in [5, 5.41) is 1.47. The van der Waals surface area contributed by atoms with E-state index in [1.54, 1.807) is 0 Å². The van der Waals surface area contributed by atoms with Gasteiger partial charge < -0.3 is 10.2 Å². The van der Waals surface area contributed by atoms with Crippen LogP contribution < -0.4 is 5.73 Å². The molecule has 2 nitrogen and oxygen atoms in total. The Balaban J connectivity index is 2.30. The predicted octanol–water partition coefficient (Wildman–Crippen LogP) is 3.73. The highest BCUT2D eigenvalue weighted by Gasteiger charge is 2.40. The van der Waals surface area contributed by atoms with Gasteiger partial charge in [-0.15, -0.1) is 0 Å². The summed E-state index contributed by atoms with van der Waals surface area (Å²) in [4.78, 5) is 0. The van der Waals surface area contributed by atoms with Crippen LogP contribution in [0.2, 0.25) is 12.1 Å². The molecule has 0 radical (unpaired) electrons. The van der Waals surface area contributed by atoms with Crippen LogP contribution in [-0.2, 0) is 4.43 Å². The summed E-state index contributed by atoms with van der Waals surface area (Å²) in [6.45, 7) is 3.85. The van der Waals surface area contributed by atoms with Crippen molar-refractivity contribution in [2.75, 3.05) is 13.2 Å². The first-order chi connectivity index (χ1) is 9.32. The van der Waals surface area contributed by atoms with Crippen LogP contribution in [0.3, 0.4) is 0 Å². The molecule has 2 N–H and O–H groups in total. The standard InChI is InChI=1S/C16H25NOSi/c1-2-16(15-9-4-3-5-10-15)19(14-8-11-17)13-7-6-12-18-19/h2-5,9-10H,6-8,11-14,17H2,1H3/b16-2-. The van der Waals surface area contributed by atoms with Crippen molar-refractivity contribution < 1.29 is 4.43 Å². The van der Waals surface area contributed by atoms with Crippen LogP contribution >= 0.6 is 0 Å². The molecule has 0 aliphatic carbocycles. The molecule has 1 atom stereocenters. The van der Waals surface area contributed by atoms with E-state index in [0.717, 1.165) is 25.6 Å². The number of hydrogen-bond acceptors (Lipinski definition) is 2. The number of nitrogens with two attached hydrogens (primary N) is 1. The summed E-state index contributed by atoms with van der Waals surface area (Å²) in [7, 11) is -1.79. The summed E-state index contributed by atoms with van der Waals surface area (Å²) in [6.07, 6.45) is 5.88. The molecular weight excluding hydrogens is 250 g/mol. The lowest BCUT2D eigenvalue weighted by Gasteiger charge is -2.37. The van der Waals surface area contributed by atoms with Gasteiger partial charge in [0, 0.05) is 6.61 Å². The predicted molar refractivity (Wildman–Crippen MR) is 84.3 cm³/mol. The van der Waals surface area contributed by atoms with Crippen molar-refractivity contribution in [2.45, 2.75) is 38.3 Å². The third-order valence-corrected chi connectivity index (χ3v) is 8.64. The van der Waals surface area contributed by atoms with Gasteiger partial charge in [0.05, 0.1) is 0 Å². The molecular formula is C16H25NOSi. The van der Waals surface area contributed by atoms with Gasteiger partial charge in [0.15, 0.2) is 0 Å². The van der Waals surface area contributed by atoms with Gasteiger partial charge in [-0.3, -0.25) is 0 Å². The second-order valence-electron chi connectivity index (χ2n) is 5.26. The van der Waals surface area contributed by atoms with Crippen molar-refractivity contribution in [3.8, 4) is 0 Å². The lowest BCUT2D eigenvalue weighted by atomic mass is 10.2. The third-order valence-electron chi connectivity index (χ3n) is 4.00. The molecule has 19 heavy (non-hydrogen) atoms. The first-order valence-electron chi connectivity index (χ1n) is 7.38. The highest BCUT2D eigenvalue weighted by Crippen LogP contribution is 2.38. The average molecular weight is 275 g/mol. The molecule has 3 heteroatoms. The zero-order valence-corrected chi connectivity index (χ0v) is 12.9. The molecule has 1 aromatic rings. The van der Waals surface area contributed by atoms with E-state index >= 15 is 0 Å². The lowest BCUT2D eigenvalue weighted by molar-refractivity contribution is 0.275. The maximum absolute atomic E-state index is 6.39. The SMILES string of the molecule is C/C=C(/c1ccccc1)[Si]1(CCCN)CCCCO1. The van der Waals surface area contributed by atoms with Crippen LogP contribution in [0.25, 0.3) is 5.20 Å². The molecule has 0 saturated carbocycles. The van der Waals surface area contributed by atoms with E-state index in [4.69, 9.17) is 10.2 Å². The van der Waals surface area contributed by atoms with E-state index in [-0.39, 0.29) is 0 Å². The smallest absolute Gasteiger partial charge is 0.224 e. The Morgan fingerprint density at radius 1 is 1.32 bits per heavy atom. The fourth-order valence-corrected chi connectivity index (χ4v) is 7.68. The average Bonchev–Trinajstić information content (AvgIpc) is 2.48.